The Morgan fingerprint density at radius 2 is 2.31 bits per heavy atom. The average molecular weight is 355 g/mol. The third-order valence-electron chi connectivity index (χ3n) is 1.57. The number of esters is 1. The van der Waals surface area contributed by atoms with Crippen molar-refractivity contribution in [3.05, 3.63) is 31.8 Å². The summed E-state index contributed by atoms with van der Waals surface area (Å²) in [6.45, 7) is 0. The fraction of sp³-hybridized carbons (Fsp3) is 0.222. The summed E-state index contributed by atoms with van der Waals surface area (Å²) in [5, 5.41) is 0. The molecule has 0 aromatic heterocycles. The summed E-state index contributed by atoms with van der Waals surface area (Å²) < 4.78 is 6.64. The maximum absolute atomic E-state index is 11.0. The Balaban J connectivity index is 2.87. The minimum atomic E-state index is -0.220. The molecule has 0 heterocycles. The molecule has 0 fully saturated rings. The maximum atomic E-state index is 11.0. The molecule has 0 N–H and O–H groups in total. The Bertz CT molecular complexity index is 325. The normalized spacial score (nSPS) is 9.77. The van der Waals surface area contributed by atoms with Gasteiger partial charge in [-0.2, -0.15) is 0 Å². The molecule has 0 saturated heterocycles. The van der Waals surface area contributed by atoms with E-state index in [1.54, 1.807) is 0 Å². The van der Waals surface area contributed by atoms with Gasteiger partial charge in [0.25, 0.3) is 0 Å². The van der Waals surface area contributed by atoms with E-state index >= 15 is 0 Å². The van der Waals surface area contributed by atoms with Gasteiger partial charge in [-0.1, -0.05) is 15.9 Å². The molecule has 4 heteroatoms. The number of methoxy groups -OCH3 is 1. The molecule has 0 bridgehead atoms. The number of benzene rings is 1. The van der Waals surface area contributed by atoms with Gasteiger partial charge in [0.15, 0.2) is 0 Å². The molecule has 0 aliphatic carbocycles. The first-order chi connectivity index (χ1) is 6.13. The van der Waals surface area contributed by atoms with Crippen molar-refractivity contribution in [1.29, 1.82) is 0 Å². The standard InChI is InChI=1S/C9H8BrIO2/c1-13-9(12)5-6-4-7(11)2-3-8(6)10/h2-4H,5H2,1H3. The molecule has 2 nitrogen and oxygen atoms in total. The van der Waals surface area contributed by atoms with Gasteiger partial charge in [-0.15, -0.1) is 0 Å². The van der Waals surface area contributed by atoms with E-state index in [4.69, 9.17) is 0 Å². The average Bonchev–Trinajstić information content (AvgIpc) is 2.11. The van der Waals surface area contributed by atoms with Crippen molar-refractivity contribution < 1.29 is 9.53 Å². The minimum absolute atomic E-state index is 0.220. The van der Waals surface area contributed by atoms with E-state index in [0.717, 1.165) is 13.6 Å². The van der Waals surface area contributed by atoms with Crippen LogP contribution < -0.4 is 0 Å². The van der Waals surface area contributed by atoms with Crippen LogP contribution in [0.3, 0.4) is 0 Å². The van der Waals surface area contributed by atoms with Crippen molar-refractivity contribution in [2.45, 2.75) is 6.42 Å². The lowest BCUT2D eigenvalue weighted by molar-refractivity contribution is -0.139. The van der Waals surface area contributed by atoms with E-state index < -0.39 is 0 Å². The van der Waals surface area contributed by atoms with E-state index in [-0.39, 0.29) is 5.97 Å². The van der Waals surface area contributed by atoms with Gasteiger partial charge in [0, 0.05) is 8.04 Å². The number of hydrogen-bond acceptors (Lipinski definition) is 2. The highest BCUT2D eigenvalue weighted by Crippen LogP contribution is 2.20. The van der Waals surface area contributed by atoms with Crippen molar-refractivity contribution in [2.24, 2.45) is 0 Å². The zero-order chi connectivity index (χ0) is 9.84. The van der Waals surface area contributed by atoms with Crippen molar-refractivity contribution in [3.8, 4) is 0 Å². The molecule has 70 valence electrons. The number of carbonyl (C=O) groups is 1. The molecular formula is C9H8BrIO2. The second-order valence-corrected chi connectivity index (χ2v) is 4.59. The predicted octanol–water partition coefficient (Wildman–Crippen LogP) is 2.77. The smallest absolute Gasteiger partial charge is 0.310 e. The molecule has 1 rings (SSSR count). The van der Waals surface area contributed by atoms with Gasteiger partial charge in [0.05, 0.1) is 13.5 Å². The van der Waals surface area contributed by atoms with Crippen LogP contribution in [-0.4, -0.2) is 13.1 Å². The number of rotatable bonds is 2. The highest BCUT2D eigenvalue weighted by atomic mass is 127. The van der Waals surface area contributed by atoms with Crippen molar-refractivity contribution >= 4 is 44.5 Å². The Kier molecular flexibility index (Phi) is 4.18. The van der Waals surface area contributed by atoms with Crippen LogP contribution in [-0.2, 0) is 16.0 Å². The quantitative estimate of drug-likeness (QED) is 0.603. The number of hydrogen-bond donors (Lipinski definition) is 0. The second-order valence-electron chi connectivity index (χ2n) is 2.49. The molecule has 0 unspecified atom stereocenters. The molecule has 0 saturated carbocycles. The highest BCUT2D eigenvalue weighted by Gasteiger charge is 2.06. The lowest BCUT2D eigenvalue weighted by Gasteiger charge is -2.03. The van der Waals surface area contributed by atoms with E-state index in [9.17, 15) is 4.79 Å². The molecule has 0 aliphatic rings. The van der Waals surface area contributed by atoms with Crippen LogP contribution >= 0.6 is 38.5 Å². The van der Waals surface area contributed by atoms with Gasteiger partial charge in [0.2, 0.25) is 0 Å². The lowest BCUT2D eigenvalue weighted by atomic mass is 10.2. The summed E-state index contributed by atoms with van der Waals surface area (Å²) in [6, 6.07) is 5.87. The van der Waals surface area contributed by atoms with Crippen molar-refractivity contribution in [2.75, 3.05) is 7.11 Å². The third kappa shape index (κ3) is 3.27. The summed E-state index contributed by atoms with van der Waals surface area (Å²) in [5.74, 6) is -0.220. The Hall–Kier alpha value is -0.100. The van der Waals surface area contributed by atoms with Crippen LogP contribution in [0.25, 0.3) is 0 Å². The first kappa shape index (κ1) is 11.0. The first-order valence-electron chi connectivity index (χ1n) is 3.64. The van der Waals surface area contributed by atoms with Gasteiger partial charge >= 0.3 is 5.97 Å². The van der Waals surface area contributed by atoms with E-state index in [0.29, 0.717) is 6.42 Å². The first-order valence-corrected chi connectivity index (χ1v) is 5.51. The summed E-state index contributed by atoms with van der Waals surface area (Å²) in [7, 11) is 1.39. The number of halogens is 2. The summed E-state index contributed by atoms with van der Waals surface area (Å²) in [4.78, 5) is 11.0. The molecular weight excluding hydrogens is 347 g/mol. The largest absolute Gasteiger partial charge is 0.469 e. The van der Waals surface area contributed by atoms with Crippen molar-refractivity contribution in [3.63, 3.8) is 0 Å². The maximum Gasteiger partial charge on any atom is 0.310 e. The molecule has 0 atom stereocenters. The van der Waals surface area contributed by atoms with Crippen LogP contribution in [0.5, 0.6) is 0 Å². The SMILES string of the molecule is COC(=O)Cc1cc(I)ccc1Br. The van der Waals surface area contributed by atoms with E-state index in [1.807, 2.05) is 18.2 Å². The highest BCUT2D eigenvalue weighted by molar-refractivity contribution is 14.1. The van der Waals surface area contributed by atoms with E-state index in [1.165, 1.54) is 7.11 Å². The monoisotopic (exact) mass is 354 g/mol. The molecule has 0 radical (unpaired) electrons. The number of carbonyl (C=O) groups excluding carboxylic acids is 1. The van der Waals surface area contributed by atoms with Crippen LogP contribution in [0.2, 0.25) is 0 Å². The molecule has 0 amide bonds. The summed E-state index contributed by atoms with van der Waals surface area (Å²) in [6.07, 6.45) is 0.313. The summed E-state index contributed by atoms with van der Waals surface area (Å²) in [5.41, 5.74) is 0.957. The summed E-state index contributed by atoms with van der Waals surface area (Å²) >= 11 is 5.58. The zero-order valence-corrected chi connectivity index (χ0v) is 10.8. The van der Waals surface area contributed by atoms with Gasteiger partial charge in [-0.05, 0) is 46.4 Å². The molecule has 1 aromatic rings. The lowest BCUT2D eigenvalue weighted by Crippen LogP contribution is -2.05. The predicted molar refractivity (Wildman–Crippen MR) is 62.6 cm³/mol. The Labute approximate surface area is 98.9 Å². The van der Waals surface area contributed by atoms with Crippen molar-refractivity contribution in [1.82, 2.24) is 0 Å². The van der Waals surface area contributed by atoms with Gasteiger partial charge in [-0.25, -0.2) is 0 Å². The zero-order valence-electron chi connectivity index (χ0n) is 7.01. The Morgan fingerprint density at radius 1 is 1.62 bits per heavy atom. The van der Waals surface area contributed by atoms with Crippen LogP contribution in [0.15, 0.2) is 22.7 Å². The fourth-order valence-corrected chi connectivity index (χ4v) is 1.85. The van der Waals surface area contributed by atoms with Gasteiger partial charge < -0.3 is 4.74 Å². The van der Waals surface area contributed by atoms with Gasteiger partial charge in [0.1, 0.15) is 0 Å². The topological polar surface area (TPSA) is 26.3 Å². The molecule has 13 heavy (non-hydrogen) atoms. The van der Waals surface area contributed by atoms with Crippen LogP contribution in [0.4, 0.5) is 0 Å². The van der Waals surface area contributed by atoms with Crippen LogP contribution in [0.1, 0.15) is 5.56 Å². The van der Waals surface area contributed by atoms with Crippen LogP contribution in [0, 0.1) is 3.57 Å². The molecule has 0 aliphatic heterocycles. The van der Waals surface area contributed by atoms with Gasteiger partial charge in [-0.3, -0.25) is 4.79 Å². The second kappa shape index (κ2) is 4.95. The molecule has 1 aromatic carbocycles. The molecule has 0 spiro atoms. The fourth-order valence-electron chi connectivity index (χ4n) is 0.906. The third-order valence-corrected chi connectivity index (χ3v) is 3.01. The number of ether oxygens (including phenoxy) is 1. The Morgan fingerprint density at radius 3 is 2.92 bits per heavy atom. The minimum Gasteiger partial charge on any atom is -0.469 e. The van der Waals surface area contributed by atoms with E-state index in [2.05, 4.69) is 43.3 Å².